The van der Waals surface area contributed by atoms with E-state index in [9.17, 15) is 14.0 Å². The number of fused-ring (bicyclic) bond motifs is 2. The minimum atomic E-state index is -0.318. The summed E-state index contributed by atoms with van der Waals surface area (Å²) < 4.78 is 23.6. The Hall–Kier alpha value is -4.59. The van der Waals surface area contributed by atoms with Crippen molar-refractivity contribution < 1.29 is 13.9 Å². The Morgan fingerprint density at radius 2 is 1.79 bits per heavy atom. The van der Waals surface area contributed by atoms with Crippen LogP contribution in [0.4, 0.5) is 4.39 Å². The topological polar surface area (TPSA) is 72.3 Å². The molecular formula is C31H29FN4O3. The number of nitrogens with zero attached hydrogens (tertiary/aromatic N) is 3. The Morgan fingerprint density at radius 3 is 2.59 bits per heavy atom. The van der Waals surface area contributed by atoms with Crippen molar-refractivity contribution in [1.29, 1.82) is 0 Å². The van der Waals surface area contributed by atoms with Crippen LogP contribution in [-0.4, -0.2) is 44.6 Å². The number of amides is 1. The molecule has 0 saturated carbocycles. The van der Waals surface area contributed by atoms with Gasteiger partial charge in [0.1, 0.15) is 23.9 Å². The Kier molecular flexibility index (Phi) is 6.52. The summed E-state index contributed by atoms with van der Waals surface area (Å²) in [5, 5.41) is 0.819. The van der Waals surface area contributed by atoms with E-state index < -0.39 is 0 Å². The first kappa shape index (κ1) is 24.7. The molecule has 0 aliphatic carbocycles. The first-order chi connectivity index (χ1) is 19.0. The summed E-state index contributed by atoms with van der Waals surface area (Å²) in [6.45, 7) is 5.47. The number of imidazole rings is 1. The van der Waals surface area contributed by atoms with E-state index in [4.69, 9.17) is 4.74 Å². The number of hydrogen-bond donors (Lipinski definition) is 1. The van der Waals surface area contributed by atoms with Crippen LogP contribution in [0.5, 0.6) is 5.75 Å². The van der Waals surface area contributed by atoms with Gasteiger partial charge in [-0.05, 0) is 60.9 Å². The third kappa shape index (κ3) is 4.63. The fourth-order valence-corrected chi connectivity index (χ4v) is 5.62. The minimum absolute atomic E-state index is 0.00904. The van der Waals surface area contributed by atoms with Crippen LogP contribution in [0, 0.1) is 5.82 Å². The number of carbonyl (C=O) groups is 1. The van der Waals surface area contributed by atoms with Crippen LogP contribution in [-0.2, 0) is 6.54 Å². The quantitative estimate of drug-likeness (QED) is 0.285. The molecule has 1 fully saturated rings. The lowest BCUT2D eigenvalue weighted by Gasteiger charge is -2.32. The molecule has 3 heterocycles. The van der Waals surface area contributed by atoms with Crippen molar-refractivity contribution in [3.63, 3.8) is 0 Å². The molecule has 1 amide bonds. The van der Waals surface area contributed by atoms with E-state index in [1.165, 1.54) is 12.1 Å². The average Bonchev–Trinajstić information content (AvgIpc) is 3.49. The number of H-pyrrole nitrogens is 1. The number of aromatic nitrogens is 3. The van der Waals surface area contributed by atoms with Gasteiger partial charge in [0.2, 0.25) is 0 Å². The van der Waals surface area contributed by atoms with Crippen molar-refractivity contribution in [3.05, 3.63) is 113 Å². The second-order valence-electron chi connectivity index (χ2n) is 9.87. The van der Waals surface area contributed by atoms with Gasteiger partial charge < -0.3 is 19.2 Å². The van der Waals surface area contributed by atoms with Crippen LogP contribution >= 0.6 is 0 Å². The van der Waals surface area contributed by atoms with Crippen LogP contribution in [0.25, 0.3) is 21.9 Å². The summed E-state index contributed by atoms with van der Waals surface area (Å²) in [7, 11) is 0. The molecule has 39 heavy (non-hydrogen) atoms. The molecule has 6 rings (SSSR count). The van der Waals surface area contributed by atoms with Crippen molar-refractivity contribution in [2.24, 2.45) is 0 Å². The fourth-order valence-electron chi connectivity index (χ4n) is 5.62. The molecule has 5 aromatic rings. The average molecular weight is 525 g/mol. The molecule has 1 aliphatic heterocycles. The van der Waals surface area contributed by atoms with Gasteiger partial charge in [0.25, 0.3) is 5.91 Å². The zero-order chi connectivity index (χ0) is 26.9. The highest BCUT2D eigenvalue weighted by Gasteiger charge is 2.29. The summed E-state index contributed by atoms with van der Waals surface area (Å²) in [4.78, 5) is 31.4. The second-order valence-corrected chi connectivity index (χ2v) is 9.87. The van der Waals surface area contributed by atoms with E-state index in [0.717, 1.165) is 27.5 Å². The molecule has 1 aliphatic rings. The predicted octanol–water partition coefficient (Wildman–Crippen LogP) is 5.51. The number of nitrogens with one attached hydrogen (secondary N) is 1. The van der Waals surface area contributed by atoms with Gasteiger partial charge in [-0.25, -0.2) is 9.18 Å². The molecular weight excluding hydrogens is 495 g/mol. The van der Waals surface area contributed by atoms with E-state index in [1.807, 2.05) is 68.6 Å². The molecule has 1 N–H and O–H groups in total. The van der Waals surface area contributed by atoms with Crippen molar-refractivity contribution in [2.45, 2.75) is 25.4 Å². The molecule has 2 aromatic heterocycles. The number of carbonyl (C=O) groups excluding carboxylic acids is 1. The summed E-state index contributed by atoms with van der Waals surface area (Å²) in [6, 6.07) is 21.7. The Balaban J connectivity index is 1.31. The van der Waals surface area contributed by atoms with Crippen LogP contribution < -0.4 is 10.4 Å². The third-order valence-electron chi connectivity index (χ3n) is 7.45. The van der Waals surface area contributed by atoms with Crippen LogP contribution in [0.3, 0.4) is 0 Å². The van der Waals surface area contributed by atoms with Crippen molar-refractivity contribution >= 4 is 27.8 Å². The lowest BCUT2D eigenvalue weighted by Crippen LogP contribution is -2.41. The fraction of sp³-hybridized carbons (Fsp3) is 0.226. The smallest absolute Gasteiger partial charge is 0.326 e. The van der Waals surface area contributed by atoms with Crippen LogP contribution in [0.1, 0.15) is 34.9 Å². The number of aromatic amines is 1. The summed E-state index contributed by atoms with van der Waals surface area (Å²) in [6.07, 6.45) is 3.02. The minimum Gasteiger partial charge on any atom is -0.489 e. The molecule has 0 radical (unpaired) electrons. The Bertz CT molecular complexity index is 1740. The van der Waals surface area contributed by atoms with Crippen molar-refractivity contribution in [2.75, 3.05) is 19.7 Å². The Labute approximate surface area is 224 Å². The zero-order valence-corrected chi connectivity index (χ0v) is 21.5. The number of ether oxygens (including phenoxy) is 1. The van der Waals surface area contributed by atoms with Gasteiger partial charge >= 0.3 is 5.69 Å². The maximum Gasteiger partial charge on any atom is 0.326 e. The molecule has 0 spiro atoms. The number of halogens is 1. The normalized spacial score (nSPS) is 14.2. The SMILES string of the molecule is C=CCOc1cccc2c1cc(C(=O)N1CCC(n3c(=O)[nH]c4ccccc43)CC1)n2Cc1cccc(F)c1. The van der Waals surface area contributed by atoms with E-state index in [2.05, 4.69) is 11.6 Å². The maximum atomic E-state index is 14.0. The molecule has 0 atom stereocenters. The van der Waals surface area contributed by atoms with Gasteiger partial charge in [-0.2, -0.15) is 0 Å². The summed E-state index contributed by atoms with van der Waals surface area (Å²) in [5.41, 5.74) is 3.70. The molecule has 198 valence electrons. The largest absolute Gasteiger partial charge is 0.489 e. The molecule has 0 bridgehead atoms. The van der Waals surface area contributed by atoms with E-state index in [-0.39, 0.29) is 23.5 Å². The van der Waals surface area contributed by atoms with Gasteiger partial charge in [0, 0.05) is 31.1 Å². The second kappa shape index (κ2) is 10.3. The van der Waals surface area contributed by atoms with Gasteiger partial charge in [0.15, 0.2) is 0 Å². The number of hydrogen-bond acceptors (Lipinski definition) is 3. The lowest BCUT2D eigenvalue weighted by molar-refractivity contribution is 0.0685. The lowest BCUT2D eigenvalue weighted by atomic mass is 10.0. The predicted molar refractivity (Wildman–Crippen MR) is 150 cm³/mol. The summed E-state index contributed by atoms with van der Waals surface area (Å²) >= 11 is 0. The highest BCUT2D eigenvalue weighted by atomic mass is 19.1. The maximum absolute atomic E-state index is 14.0. The summed E-state index contributed by atoms with van der Waals surface area (Å²) in [5.74, 6) is 0.250. The number of para-hydroxylation sites is 2. The monoisotopic (exact) mass is 524 g/mol. The number of piperidine rings is 1. The van der Waals surface area contributed by atoms with Crippen molar-refractivity contribution in [3.8, 4) is 5.75 Å². The van der Waals surface area contributed by atoms with Gasteiger partial charge in [-0.3, -0.25) is 9.36 Å². The van der Waals surface area contributed by atoms with Crippen molar-refractivity contribution in [1.82, 2.24) is 19.0 Å². The molecule has 8 heteroatoms. The number of likely N-dealkylation sites (tertiary alicyclic amines) is 1. The van der Waals surface area contributed by atoms with E-state index in [0.29, 0.717) is 50.5 Å². The van der Waals surface area contributed by atoms with Gasteiger partial charge in [-0.15, -0.1) is 0 Å². The molecule has 1 saturated heterocycles. The van der Waals surface area contributed by atoms with E-state index in [1.54, 1.807) is 12.1 Å². The van der Waals surface area contributed by atoms with E-state index >= 15 is 0 Å². The highest BCUT2D eigenvalue weighted by Crippen LogP contribution is 2.32. The first-order valence-corrected chi connectivity index (χ1v) is 13.1. The van der Waals surface area contributed by atoms with Crippen LogP contribution in [0.15, 0.2) is 90.2 Å². The third-order valence-corrected chi connectivity index (χ3v) is 7.45. The standard InChI is InChI=1S/C31H29FN4O3/c1-2-17-39-29-12-6-11-26-24(29)19-28(35(26)20-21-7-5-8-22(32)18-21)30(37)34-15-13-23(14-16-34)36-27-10-4-3-9-25(27)33-31(36)38/h2-12,18-19,23H,1,13-17,20H2,(H,33,38). The van der Waals surface area contributed by atoms with Gasteiger partial charge in [0.05, 0.1) is 16.6 Å². The number of benzene rings is 3. The number of rotatable bonds is 7. The zero-order valence-electron chi connectivity index (χ0n) is 21.5. The molecule has 0 unspecified atom stereocenters. The highest BCUT2D eigenvalue weighted by molar-refractivity contribution is 6.00. The molecule has 3 aromatic carbocycles. The first-order valence-electron chi connectivity index (χ1n) is 13.1. The van der Waals surface area contributed by atoms with Crippen LogP contribution in [0.2, 0.25) is 0 Å². The van der Waals surface area contributed by atoms with Gasteiger partial charge in [-0.1, -0.05) is 43.0 Å². The Morgan fingerprint density at radius 1 is 1.03 bits per heavy atom. The molecule has 7 nitrogen and oxygen atoms in total.